The molecular formula is C92H188O15Si20. The maximum absolute atomic E-state index is 7.31. The lowest BCUT2D eigenvalue weighted by atomic mass is 10.1. The van der Waals surface area contributed by atoms with E-state index in [0.717, 1.165) is 107 Å². The second-order valence-electron chi connectivity index (χ2n) is 40.0. The van der Waals surface area contributed by atoms with Gasteiger partial charge in [0.2, 0.25) is 0 Å². The maximum atomic E-state index is 7.31. The fourth-order valence-corrected chi connectivity index (χ4v) is 82.4. The SMILES string of the molecule is C.C=CCC=C.C=CCCC[Si](C)(C)O[Si](O[SiH](C)C)(O[Si](C)(C)CCCC=C)c1ccccc1.CC(C)CCCCC[Si](C)(C)O[Si](O[SiH](C)C)(O[SiH](C)C)c1ccccc1.CC(C)[Si](C)(C)O[Si](O[SiH](C)C)(O[Si](C)(C)CCCCC[Si](C)(C)O[Si](O[SiH](C)C)(O[SiH](C)C)c1ccccc1)c1ccccc1.C[SiH](C)O[Si](O[SiH](C)C)(O[SiH](C)C)c1ccccc1. The molecule has 0 radical (unpaired) electrons. The van der Waals surface area contributed by atoms with Crippen LogP contribution in [0.4, 0.5) is 0 Å². The fourth-order valence-electron chi connectivity index (χ4n) is 13.9. The molecule has 1 atom stereocenters. The van der Waals surface area contributed by atoms with Gasteiger partial charge in [0.15, 0.2) is 131 Å². The largest absolute Gasteiger partial charge is 0.505 e. The standard InChI is InChI=1S/C32H66O6Si8.C22H42O3Si4.C20H42O3Si4.C12H26O3Si4.C5H8.CH4/c1-30(2)44(13,14)38-46(35-41(7)8,32-26-20-16-21-27-32)37-43(11,12)29-23-17-22-28-42(9,10)36-45(33-39(3)4,34-40(5)6)31-24-18-15-19-25-31;1-9-11-16-20-27(5,6)24-29(23-26(3)4,22-18-14-13-15-19-22)25-28(7,8)21-17-12-10-2;1-19(2)15-11-10-14-18-26(7,8)23-27(21-24(3)4,22-25(5)6)20-16-12-9-13-17-20;1-16(2)13-19(14-17(3)4,15-18(5)6)12-10-8-7-9-11-12;1-3-5-4-2;/h15-16,18-21,24-27,30,39-41H,17,22-23,28-29H2,1-14H3;9-10,13-15,18-19,26H,1-2,11-12,16-17,20-21H2,3-8H3;9,12-13,16-17,19,24-25H,10-11,14-15,18H2,1-8H3;7-11,16-18H,1-6H3;3-4H,1-2,5H2;1H4. The van der Waals surface area contributed by atoms with E-state index in [9.17, 15) is 0 Å². The summed E-state index contributed by atoms with van der Waals surface area (Å²) in [4.78, 5) is 0. The predicted molar refractivity (Wildman–Crippen MR) is 607 cm³/mol. The Morgan fingerprint density at radius 1 is 0.252 bits per heavy atom. The number of allylic oxidation sites excluding steroid dienone is 4. The lowest BCUT2D eigenvalue weighted by Gasteiger charge is -2.43. The van der Waals surface area contributed by atoms with Crippen LogP contribution in [0.1, 0.15) is 112 Å². The maximum Gasteiger partial charge on any atom is 0.505 e. The minimum absolute atomic E-state index is 0. The first kappa shape index (κ1) is 126. The Morgan fingerprint density at radius 2 is 0.449 bits per heavy atom. The summed E-state index contributed by atoms with van der Waals surface area (Å²) in [5.41, 5.74) is 0.467. The lowest BCUT2D eigenvalue weighted by molar-refractivity contribution is 0.271. The zero-order valence-corrected chi connectivity index (χ0v) is 107. The van der Waals surface area contributed by atoms with Gasteiger partial charge < -0.3 is 61.7 Å². The van der Waals surface area contributed by atoms with E-state index in [4.69, 9.17) is 61.7 Å². The van der Waals surface area contributed by atoms with Crippen LogP contribution in [0.5, 0.6) is 0 Å². The van der Waals surface area contributed by atoms with Gasteiger partial charge in [0.1, 0.15) is 0 Å². The van der Waals surface area contributed by atoms with Gasteiger partial charge in [0.25, 0.3) is 0 Å². The molecule has 0 aromatic heterocycles. The molecule has 0 fully saturated rings. The van der Waals surface area contributed by atoms with E-state index in [-0.39, 0.29) is 7.43 Å². The molecule has 15 nitrogen and oxygen atoms in total. The van der Waals surface area contributed by atoms with Crippen LogP contribution in [-0.4, -0.2) is 175 Å². The van der Waals surface area contributed by atoms with Crippen LogP contribution in [0.25, 0.3) is 0 Å². The first-order valence-electron chi connectivity index (χ1n) is 47.6. The van der Waals surface area contributed by atoms with Gasteiger partial charge in [-0.1, -0.05) is 269 Å². The molecule has 0 spiro atoms. The van der Waals surface area contributed by atoms with Gasteiger partial charge in [0, 0.05) is 25.9 Å². The second kappa shape index (κ2) is 63.3. The zero-order valence-electron chi connectivity index (χ0n) is 86.1. The Balaban J connectivity index is 0.00000171. The summed E-state index contributed by atoms with van der Waals surface area (Å²) < 4.78 is 102. The Morgan fingerprint density at radius 3 is 0.661 bits per heavy atom. The van der Waals surface area contributed by atoms with Crippen molar-refractivity contribution < 1.29 is 61.7 Å². The molecule has 0 N–H and O–H groups in total. The van der Waals surface area contributed by atoms with E-state index in [2.05, 4.69) is 384 Å². The van der Waals surface area contributed by atoms with E-state index in [0.29, 0.717) is 5.54 Å². The third-order valence-electron chi connectivity index (χ3n) is 19.8. The minimum atomic E-state index is -3.10. The molecule has 5 aromatic rings. The Kier molecular flexibility index (Phi) is 62.7. The summed E-state index contributed by atoms with van der Waals surface area (Å²) in [6, 6.07) is 57.9. The lowest BCUT2D eigenvalue weighted by Crippen LogP contribution is -2.67. The Labute approximate surface area is 808 Å². The van der Waals surface area contributed by atoms with Gasteiger partial charge in [-0.25, -0.2) is 0 Å². The highest BCUT2D eigenvalue weighted by molar-refractivity contribution is 6.97. The van der Waals surface area contributed by atoms with Crippen LogP contribution in [0.2, 0.25) is 232 Å². The molecule has 1 unspecified atom stereocenters. The molecule has 5 rings (SSSR count). The molecule has 5 aromatic carbocycles. The summed E-state index contributed by atoms with van der Waals surface area (Å²) in [7, 11) is -38.6. The minimum Gasteiger partial charge on any atom is -0.416 e. The van der Waals surface area contributed by atoms with E-state index in [1.165, 1.54) is 31.7 Å². The van der Waals surface area contributed by atoms with Crippen molar-refractivity contribution in [1.82, 2.24) is 0 Å². The highest BCUT2D eigenvalue weighted by Gasteiger charge is 2.56. The summed E-state index contributed by atoms with van der Waals surface area (Å²) >= 11 is 0. The number of benzene rings is 5. The number of rotatable bonds is 58. The average molecular weight is 2100 g/mol. The van der Waals surface area contributed by atoms with E-state index in [1.54, 1.807) is 0 Å². The van der Waals surface area contributed by atoms with E-state index >= 15 is 0 Å². The van der Waals surface area contributed by atoms with Crippen molar-refractivity contribution in [3.8, 4) is 0 Å². The molecule has 0 heterocycles. The van der Waals surface area contributed by atoms with Gasteiger partial charge in [-0.2, -0.15) is 0 Å². The summed E-state index contributed by atoms with van der Waals surface area (Å²) in [6.07, 6.45) is 21.5. The van der Waals surface area contributed by atoms with E-state index < -0.39 is 175 Å². The normalized spacial score (nSPS) is 13.3. The molecule has 0 aliphatic rings. The molecular weight excluding hydrogens is 1910 g/mol. The topological polar surface area (TPSA) is 138 Å². The molecule has 0 bridgehead atoms. The van der Waals surface area contributed by atoms with Crippen LogP contribution in [-0.2, 0) is 61.7 Å². The summed E-state index contributed by atoms with van der Waals surface area (Å²) in [5, 5.41) is 5.63. The van der Waals surface area contributed by atoms with Gasteiger partial charge >= 0.3 is 44.0 Å². The van der Waals surface area contributed by atoms with E-state index in [1.807, 2.05) is 42.5 Å². The van der Waals surface area contributed by atoms with Crippen molar-refractivity contribution in [3.63, 3.8) is 0 Å². The molecule has 0 amide bonds. The molecule has 127 heavy (non-hydrogen) atoms. The van der Waals surface area contributed by atoms with Crippen molar-refractivity contribution in [2.75, 3.05) is 0 Å². The van der Waals surface area contributed by atoms with Gasteiger partial charge in [0.05, 0.1) is 0 Å². The molecule has 726 valence electrons. The van der Waals surface area contributed by atoms with Crippen molar-refractivity contribution in [3.05, 3.63) is 202 Å². The first-order chi connectivity index (χ1) is 58.6. The third kappa shape index (κ3) is 52.8. The van der Waals surface area contributed by atoms with Gasteiger partial charge in [-0.15, -0.1) is 26.3 Å². The molecule has 0 aliphatic heterocycles. The third-order valence-corrected chi connectivity index (χ3v) is 83.3. The van der Waals surface area contributed by atoms with Gasteiger partial charge in [-0.05, 0) is 257 Å². The monoisotopic (exact) mass is 2090 g/mol. The van der Waals surface area contributed by atoms with Gasteiger partial charge in [-0.3, -0.25) is 0 Å². The average Bonchev–Trinajstić information content (AvgIpc) is 0.807. The van der Waals surface area contributed by atoms with Crippen molar-refractivity contribution in [2.24, 2.45) is 5.92 Å². The second-order valence-corrected chi connectivity index (χ2v) is 105. The predicted octanol–water partition coefficient (Wildman–Crippen LogP) is 23.6. The highest BCUT2D eigenvalue weighted by atomic mass is 28.5. The van der Waals surface area contributed by atoms with Crippen LogP contribution in [0.15, 0.2) is 202 Å². The highest BCUT2D eigenvalue weighted by Crippen LogP contribution is 2.35. The number of hydrogen-bond donors (Lipinski definition) is 0. The van der Waals surface area contributed by atoms with Crippen molar-refractivity contribution >= 4 is 201 Å². The summed E-state index contributed by atoms with van der Waals surface area (Å²) in [6.45, 7) is 91.6. The molecule has 35 heteroatoms. The molecule has 0 saturated heterocycles. The zero-order chi connectivity index (χ0) is 95.9. The first-order valence-corrected chi connectivity index (χ1v) is 99.9. The number of hydrogen-bond acceptors (Lipinski definition) is 15. The van der Waals surface area contributed by atoms with Crippen molar-refractivity contribution in [2.45, 2.75) is 344 Å². The van der Waals surface area contributed by atoms with Crippen molar-refractivity contribution in [1.29, 1.82) is 0 Å². The van der Waals surface area contributed by atoms with Crippen LogP contribution in [0.3, 0.4) is 0 Å². The summed E-state index contributed by atoms with van der Waals surface area (Å²) in [5.74, 6) is 0.804. The molecule has 0 aliphatic carbocycles. The smallest absolute Gasteiger partial charge is 0.416 e. The Bertz CT molecular complexity index is 3590. The quantitative estimate of drug-likeness (QED) is 0.0207. The Hall–Kier alpha value is -1.20. The van der Waals surface area contributed by atoms with Crippen LogP contribution >= 0.6 is 0 Å². The van der Waals surface area contributed by atoms with Crippen LogP contribution < -0.4 is 25.9 Å². The number of unbranched alkanes of at least 4 members (excludes halogenated alkanes) is 6. The molecule has 0 saturated carbocycles. The fraction of sp³-hybridized carbons (Fsp3) is 0.587. The van der Waals surface area contributed by atoms with Crippen LogP contribution in [0, 0.1) is 5.92 Å².